The Balaban J connectivity index is 1.60. The van der Waals surface area contributed by atoms with E-state index in [-0.39, 0.29) is 12.5 Å². The van der Waals surface area contributed by atoms with Gasteiger partial charge in [-0.05, 0) is 54.8 Å². The van der Waals surface area contributed by atoms with Crippen LogP contribution >= 0.6 is 0 Å². The van der Waals surface area contributed by atoms with E-state index in [2.05, 4.69) is 36.9 Å². The van der Waals surface area contributed by atoms with Gasteiger partial charge >= 0.3 is 0 Å². The lowest BCUT2D eigenvalue weighted by Crippen LogP contribution is -2.48. The number of nitriles is 1. The summed E-state index contributed by atoms with van der Waals surface area (Å²) in [6.45, 7) is 7.27. The quantitative estimate of drug-likeness (QED) is 0.688. The average Bonchev–Trinajstić information content (AvgIpc) is 2.78. The predicted molar refractivity (Wildman–Crippen MR) is 118 cm³/mol. The van der Waals surface area contributed by atoms with E-state index in [1.807, 2.05) is 17.0 Å². The molecule has 0 saturated carbocycles. The normalized spacial score (nSPS) is 13.9. The monoisotopic (exact) mass is 405 g/mol. The number of hydrogen-bond donors (Lipinski definition) is 0. The van der Waals surface area contributed by atoms with E-state index in [9.17, 15) is 4.79 Å². The first-order chi connectivity index (χ1) is 14.5. The second kappa shape index (κ2) is 9.84. The van der Waals surface area contributed by atoms with Crippen molar-refractivity contribution >= 4 is 17.7 Å². The maximum Gasteiger partial charge on any atom is 0.246 e. The molecule has 1 aliphatic heterocycles. The molecular weight excluding hydrogens is 378 g/mol. The molecule has 1 saturated heterocycles. The number of hydrogen-bond acceptors (Lipinski definition) is 5. The molecule has 156 valence electrons. The van der Waals surface area contributed by atoms with E-state index in [1.54, 1.807) is 31.4 Å². The van der Waals surface area contributed by atoms with Crippen LogP contribution in [0.4, 0.5) is 5.69 Å². The van der Waals surface area contributed by atoms with Crippen LogP contribution in [0.25, 0.3) is 6.08 Å². The van der Waals surface area contributed by atoms with Gasteiger partial charge in [-0.2, -0.15) is 5.26 Å². The first-order valence-electron chi connectivity index (χ1n) is 9.99. The van der Waals surface area contributed by atoms with Crippen molar-refractivity contribution in [1.29, 1.82) is 5.26 Å². The van der Waals surface area contributed by atoms with Crippen molar-refractivity contribution in [2.45, 2.75) is 13.8 Å². The van der Waals surface area contributed by atoms with Crippen LogP contribution in [0.3, 0.4) is 0 Å². The summed E-state index contributed by atoms with van der Waals surface area (Å²) in [6.07, 6.45) is 3.37. The van der Waals surface area contributed by atoms with Crippen LogP contribution in [0.2, 0.25) is 0 Å². The minimum atomic E-state index is -0.0436. The Morgan fingerprint density at radius 3 is 2.60 bits per heavy atom. The van der Waals surface area contributed by atoms with Gasteiger partial charge in [0.1, 0.15) is 6.07 Å². The van der Waals surface area contributed by atoms with Crippen LogP contribution in [-0.4, -0.2) is 50.7 Å². The molecule has 2 aromatic carbocycles. The minimum Gasteiger partial charge on any atom is -0.493 e. The van der Waals surface area contributed by atoms with Crippen molar-refractivity contribution in [1.82, 2.24) is 4.90 Å². The largest absolute Gasteiger partial charge is 0.493 e. The number of rotatable bonds is 6. The zero-order valence-electron chi connectivity index (χ0n) is 17.7. The summed E-state index contributed by atoms with van der Waals surface area (Å²) in [6, 6.07) is 13.7. The summed E-state index contributed by atoms with van der Waals surface area (Å²) in [5.74, 6) is 1.03. The highest BCUT2D eigenvalue weighted by Crippen LogP contribution is 2.28. The maximum atomic E-state index is 12.6. The maximum absolute atomic E-state index is 12.6. The molecule has 0 bridgehead atoms. The number of ether oxygens (including phenoxy) is 2. The Hall–Kier alpha value is -3.46. The van der Waals surface area contributed by atoms with Crippen molar-refractivity contribution in [2.24, 2.45) is 0 Å². The molecule has 0 unspecified atom stereocenters. The second-order valence-corrected chi connectivity index (χ2v) is 7.22. The second-order valence-electron chi connectivity index (χ2n) is 7.22. The third-order valence-corrected chi connectivity index (χ3v) is 5.41. The fourth-order valence-corrected chi connectivity index (χ4v) is 3.54. The predicted octanol–water partition coefficient (Wildman–Crippen LogP) is 3.58. The molecule has 6 heteroatoms. The molecular formula is C24H27N3O3. The van der Waals surface area contributed by atoms with Gasteiger partial charge in [-0.1, -0.05) is 18.2 Å². The Kier molecular flexibility index (Phi) is 6.97. The number of aryl methyl sites for hydroxylation is 1. The van der Waals surface area contributed by atoms with Gasteiger partial charge in [0.25, 0.3) is 0 Å². The van der Waals surface area contributed by atoms with Gasteiger partial charge in [-0.25, -0.2) is 0 Å². The van der Waals surface area contributed by atoms with Gasteiger partial charge < -0.3 is 19.3 Å². The van der Waals surface area contributed by atoms with Crippen LogP contribution in [0.15, 0.2) is 42.5 Å². The summed E-state index contributed by atoms with van der Waals surface area (Å²) in [7, 11) is 1.54. The highest BCUT2D eigenvalue weighted by molar-refractivity contribution is 5.92. The minimum absolute atomic E-state index is 0.000567. The lowest BCUT2D eigenvalue weighted by molar-refractivity contribution is -0.126. The molecule has 2 aromatic rings. The lowest BCUT2D eigenvalue weighted by Gasteiger charge is -2.36. The molecule has 0 radical (unpaired) electrons. The van der Waals surface area contributed by atoms with E-state index < -0.39 is 0 Å². The smallest absolute Gasteiger partial charge is 0.246 e. The molecule has 0 N–H and O–H groups in total. The molecule has 1 amide bonds. The number of anilines is 1. The van der Waals surface area contributed by atoms with Crippen LogP contribution in [0.5, 0.6) is 11.5 Å². The van der Waals surface area contributed by atoms with Crippen molar-refractivity contribution in [3.05, 3.63) is 59.2 Å². The first-order valence-corrected chi connectivity index (χ1v) is 9.99. The van der Waals surface area contributed by atoms with E-state index >= 15 is 0 Å². The van der Waals surface area contributed by atoms with Crippen LogP contribution in [0.1, 0.15) is 16.7 Å². The molecule has 0 aliphatic carbocycles. The molecule has 6 nitrogen and oxygen atoms in total. The van der Waals surface area contributed by atoms with E-state index in [0.717, 1.165) is 18.7 Å². The van der Waals surface area contributed by atoms with Gasteiger partial charge in [0.15, 0.2) is 18.1 Å². The molecule has 30 heavy (non-hydrogen) atoms. The number of methoxy groups -OCH3 is 1. The van der Waals surface area contributed by atoms with Gasteiger partial charge in [0, 0.05) is 37.9 Å². The zero-order valence-corrected chi connectivity index (χ0v) is 17.7. The Bertz CT molecular complexity index is 970. The van der Waals surface area contributed by atoms with Crippen LogP contribution in [0, 0.1) is 25.2 Å². The Morgan fingerprint density at radius 1 is 1.13 bits per heavy atom. The SMILES string of the molecule is COc1cc(/C=C/C(=O)N2CCN(c3cccc(C)c3C)CC2)ccc1OCC#N. The molecule has 1 fully saturated rings. The molecule has 1 aliphatic rings. The zero-order chi connectivity index (χ0) is 21.5. The van der Waals surface area contributed by atoms with Gasteiger partial charge in [-0.15, -0.1) is 0 Å². The summed E-state index contributed by atoms with van der Waals surface area (Å²) < 4.78 is 10.6. The third-order valence-electron chi connectivity index (χ3n) is 5.41. The average molecular weight is 405 g/mol. The number of carbonyl (C=O) groups is 1. The highest BCUT2D eigenvalue weighted by Gasteiger charge is 2.21. The number of carbonyl (C=O) groups excluding carboxylic acids is 1. The molecule has 0 spiro atoms. The van der Waals surface area contributed by atoms with Gasteiger partial charge in [-0.3, -0.25) is 4.79 Å². The number of amides is 1. The Labute approximate surface area is 177 Å². The number of nitrogens with zero attached hydrogens (tertiary/aromatic N) is 3. The highest BCUT2D eigenvalue weighted by atomic mass is 16.5. The molecule has 0 atom stereocenters. The fourth-order valence-electron chi connectivity index (χ4n) is 3.54. The van der Waals surface area contributed by atoms with E-state index in [4.69, 9.17) is 14.7 Å². The first kappa shape index (κ1) is 21.3. The third kappa shape index (κ3) is 4.93. The van der Waals surface area contributed by atoms with E-state index in [0.29, 0.717) is 24.6 Å². The molecule has 3 rings (SSSR count). The summed E-state index contributed by atoms with van der Waals surface area (Å²) >= 11 is 0. The Morgan fingerprint density at radius 2 is 1.90 bits per heavy atom. The van der Waals surface area contributed by atoms with Gasteiger partial charge in [0.05, 0.1) is 7.11 Å². The number of benzene rings is 2. The summed E-state index contributed by atoms with van der Waals surface area (Å²) in [4.78, 5) is 16.8. The standard InChI is InChI=1S/C24H27N3O3/c1-18-5-4-6-21(19(18)2)26-12-14-27(15-13-26)24(28)10-8-20-7-9-22(30-16-11-25)23(17-20)29-3/h4-10,17H,12-16H2,1-3H3/b10-8+. The topological polar surface area (TPSA) is 65.8 Å². The molecule has 1 heterocycles. The number of piperazine rings is 1. The van der Waals surface area contributed by atoms with Gasteiger partial charge in [0.2, 0.25) is 5.91 Å². The van der Waals surface area contributed by atoms with Crippen molar-refractivity contribution in [3.8, 4) is 17.6 Å². The van der Waals surface area contributed by atoms with Crippen molar-refractivity contribution < 1.29 is 14.3 Å². The summed E-state index contributed by atoms with van der Waals surface area (Å²) in [5, 5.41) is 8.65. The van der Waals surface area contributed by atoms with Crippen molar-refractivity contribution in [3.63, 3.8) is 0 Å². The molecule has 0 aromatic heterocycles. The van der Waals surface area contributed by atoms with E-state index in [1.165, 1.54) is 16.8 Å². The summed E-state index contributed by atoms with van der Waals surface area (Å²) in [5.41, 5.74) is 4.67. The fraction of sp³-hybridized carbons (Fsp3) is 0.333. The lowest BCUT2D eigenvalue weighted by atomic mass is 10.1. The van der Waals surface area contributed by atoms with Crippen LogP contribution < -0.4 is 14.4 Å². The van der Waals surface area contributed by atoms with Crippen molar-refractivity contribution in [2.75, 3.05) is 44.8 Å². The van der Waals surface area contributed by atoms with Crippen LogP contribution in [-0.2, 0) is 4.79 Å².